The van der Waals surface area contributed by atoms with Crippen LogP contribution in [0.5, 0.6) is 11.5 Å². The lowest BCUT2D eigenvalue weighted by Crippen LogP contribution is -2.40. The molecule has 1 atom stereocenters. The molecular formula is C27H28N2O5. The molecule has 3 N–H and O–H groups in total. The Bertz CT molecular complexity index is 1070. The van der Waals surface area contributed by atoms with Crippen LogP contribution in [0.25, 0.3) is 0 Å². The highest BCUT2D eigenvalue weighted by atomic mass is 16.6. The third-order valence-corrected chi connectivity index (χ3v) is 5.10. The Kier molecular flexibility index (Phi) is 9.37. The first kappa shape index (κ1) is 24.7. The van der Waals surface area contributed by atoms with E-state index in [1.807, 2.05) is 60.7 Å². The number of esters is 2. The molecule has 0 saturated carbocycles. The second-order valence-electron chi connectivity index (χ2n) is 7.75. The molecular weight excluding hydrogens is 432 g/mol. The van der Waals surface area contributed by atoms with Gasteiger partial charge in [-0.25, -0.2) is 9.59 Å². The number of nitrogens with two attached hydrogens (primary N) is 1. The molecule has 3 aromatic carbocycles. The highest BCUT2D eigenvalue weighted by Crippen LogP contribution is 2.21. The zero-order valence-corrected chi connectivity index (χ0v) is 18.8. The molecule has 7 heteroatoms. The van der Waals surface area contributed by atoms with Crippen molar-refractivity contribution in [3.8, 4) is 11.5 Å². The minimum absolute atomic E-state index is 0.00512. The maximum absolute atomic E-state index is 12.6. The molecule has 34 heavy (non-hydrogen) atoms. The molecule has 0 radical (unpaired) electrons. The summed E-state index contributed by atoms with van der Waals surface area (Å²) in [6, 6.07) is 24.7. The van der Waals surface area contributed by atoms with Crippen LogP contribution in [0.4, 0.5) is 0 Å². The van der Waals surface area contributed by atoms with Gasteiger partial charge in [0.15, 0.2) is 0 Å². The fourth-order valence-electron chi connectivity index (χ4n) is 3.31. The van der Waals surface area contributed by atoms with Crippen molar-refractivity contribution in [1.82, 2.24) is 5.32 Å². The molecule has 176 valence electrons. The Hall–Kier alpha value is -3.97. The van der Waals surface area contributed by atoms with E-state index in [1.54, 1.807) is 12.1 Å². The van der Waals surface area contributed by atoms with E-state index < -0.39 is 23.9 Å². The van der Waals surface area contributed by atoms with Crippen molar-refractivity contribution in [1.29, 1.82) is 0 Å². The van der Waals surface area contributed by atoms with Crippen LogP contribution in [-0.2, 0) is 20.7 Å². The van der Waals surface area contributed by atoms with E-state index in [-0.39, 0.29) is 18.4 Å². The summed E-state index contributed by atoms with van der Waals surface area (Å²) in [5, 5.41) is 3.08. The molecule has 0 aliphatic heterocycles. The van der Waals surface area contributed by atoms with Gasteiger partial charge in [-0.15, -0.1) is 0 Å². The van der Waals surface area contributed by atoms with Gasteiger partial charge in [-0.05, 0) is 67.8 Å². The van der Waals surface area contributed by atoms with E-state index in [0.717, 1.165) is 12.8 Å². The molecule has 0 aromatic heterocycles. The summed E-state index contributed by atoms with van der Waals surface area (Å²) in [6.07, 6.45) is 1.77. The van der Waals surface area contributed by atoms with E-state index in [1.165, 1.54) is 17.7 Å². The lowest BCUT2D eigenvalue weighted by molar-refractivity contribution is -0.140. The molecule has 0 aliphatic carbocycles. The molecule has 0 unspecified atom stereocenters. The number of nitrogens with one attached hydrogen (secondary N) is 1. The van der Waals surface area contributed by atoms with Gasteiger partial charge in [0, 0.05) is 6.42 Å². The largest absolute Gasteiger partial charge is 0.457 e. The van der Waals surface area contributed by atoms with Gasteiger partial charge in [0.25, 0.3) is 0 Å². The maximum atomic E-state index is 12.6. The molecule has 0 bridgehead atoms. The molecule has 3 rings (SSSR count). The number of ether oxygens (including phenoxy) is 2. The summed E-state index contributed by atoms with van der Waals surface area (Å²) in [5.74, 6) is -0.816. The smallest absolute Gasteiger partial charge is 0.345 e. The lowest BCUT2D eigenvalue weighted by atomic mass is 10.1. The van der Waals surface area contributed by atoms with Crippen LogP contribution in [0.3, 0.4) is 0 Å². The maximum Gasteiger partial charge on any atom is 0.345 e. The summed E-state index contributed by atoms with van der Waals surface area (Å²) in [6.45, 7) is 0.521. The molecule has 1 amide bonds. The van der Waals surface area contributed by atoms with Crippen molar-refractivity contribution >= 4 is 17.8 Å². The highest BCUT2D eigenvalue weighted by Gasteiger charge is 2.23. The van der Waals surface area contributed by atoms with Crippen LogP contribution in [0.15, 0.2) is 84.9 Å². The van der Waals surface area contributed by atoms with Crippen molar-refractivity contribution in [3.63, 3.8) is 0 Å². The average Bonchev–Trinajstić information content (AvgIpc) is 2.85. The van der Waals surface area contributed by atoms with Gasteiger partial charge in [0.05, 0.1) is 5.56 Å². The molecule has 3 aromatic rings. The average molecular weight is 461 g/mol. The molecule has 0 fully saturated rings. The SMILES string of the molecule is NC(=O)CC[C@H](NCCCc1ccccc1)C(=O)OC(=O)c1ccc(Oc2ccccc2)cc1. The molecule has 0 spiro atoms. The van der Waals surface area contributed by atoms with Crippen molar-refractivity contribution in [2.75, 3.05) is 6.54 Å². The van der Waals surface area contributed by atoms with Crippen molar-refractivity contribution < 1.29 is 23.9 Å². The molecule has 7 nitrogen and oxygen atoms in total. The highest BCUT2D eigenvalue weighted by molar-refractivity contribution is 5.98. The lowest BCUT2D eigenvalue weighted by Gasteiger charge is -2.16. The van der Waals surface area contributed by atoms with Crippen LogP contribution in [0, 0.1) is 0 Å². The number of rotatable bonds is 12. The number of hydrogen-bond acceptors (Lipinski definition) is 6. The Morgan fingerprint density at radius 2 is 1.44 bits per heavy atom. The van der Waals surface area contributed by atoms with E-state index in [9.17, 15) is 14.4 Å². The summed E-state index contributed by atoms with van der Waals surface area (Å²) < 4.78 is 10.8. The van der Waals surface area contributed by atoms with Gasteiger partial charge in [-0.2, -0.15) is 0 Å². The minimum atomic E-state index is -0.812. The summed E-state index contributed by atoms with van der Waals surface area (Å²) in [7, 11) is 0. The summed E-state index contributed by atoms with van der Waals surface area (Å²) >= 11 is 0. The van der Waals surface area contributed by atoms with Gasteiger partial charge < -0.3 is 20.5 Å². The fourth-order valence-corrected chi connectivity index (χ4v) is 3.31. The summed E-state index contributed by atoms with van der Waals surface area (Å²) in [4.78, 5) is 36.3. The normalized spacial score (nSPS) is 11.4. The van der Waals surface area contributed by atoms with Crippen molar-refractivity contribution in [3.05, 3.63) is 96.1 Å². The van der Waals surface area contributed by atoms with E-state index in [2.05, 4.69) is 5.32 Å². The number of para-hydroxylation sites is 1. The zero-order valence-electron chi connectivity index (χ0n) is 18.8. The third kappa shape index (κ3) is 8.18. The van der Waals surface area contributed by atoms with Gasteiger partial charge in [0.1, 0.15) is 17.5 Å². The van der Waals surface area contributed by atoms with Crippen LogP contribution < -0.4 is 15.8 Å². The standard InChI is InChI=1S/C27H28N2O5/c28-25(30)18-17-24(29-19-7-10-20-8-3-1-4-9-20)27(32)34-26(31)21-13-15-23(16-14-21)33-22-11-5-2-6-12-22/h1-6,8-9,11-16,24,29H,7,10,17-19H2,(H2,28,30)/t24-/m0/s1. The minimum Gasteiger partial charge on any atom is -0.457 e. The first-order valence-electron chi connectivity index (χ1n) is 11.2. The van der Waals surface area contributed by atoms with Crippen LogP contribution in [0.1, 0.15) is 35.2 Å². The van der Waals surface area contributed by atoms with Crippen molar-refractivity contribution in [2.24, 2.45) is 5.73 Å². The van der Waals surface area contributed by atoms with Gasteiger partial charge in [-0.1, -0.05) is 48.5 Å². The Balaban J connectivity index is 1.52. The first-order valence-corrected chi connectivity index (χ1v) is 11.2. The predicted octanol–water partition coefficient (Wildman–Crippen LogP) is 4.02. The van der Waals surface area contributed by atoms with E-state index in [0.29, 0.717) is 18.0 Å². The third-order valence-electron chi connectivity index (χ3n) is 5.10. The predicted molar refractivity (Wildman–Crippen MR) is 128 cm³/mol. The molecule has 0 saturated heterocycles. The zero-order chi connectivity index (χ0) is 24.2. The van der Waals surface area contributed by atoms with E-state index in [4.69, 9.17) is 15.2 Å². The first-order chi connectivity index (χ1) is 16.5. The number of aryl methyl sites for hydroxylation is 1. The van der Waals surface area contributed by atoms with Crippen LogP contribution in [-0.4, -0.2) is 30.4 Å². The van der Waals surface area contributed by atoms with Gasteiger partial charge >= 0.3 is 11.9 Å². The van der Waals surface area contributed by atoms with Gasteiger partial charge in [-0.3, -0.25) is 4.79 Å². The van der Waals surface area contributed by atoms with E-state index >= 15 is 0 Å². The number of amides is 1. The Morgan fingerprint density at radius 3 is 2.09 bits per heavy atom. The Morgan fingerprint density at radius 1 is 0.824 bits per heavy atom. The second kappa shape index (κ2) is 12.9. The number of carbonyl (C=O) groups excluding carboxylic acids is 3. The topological polar surface area (TPSA) is 108 Å². The quantitative estimate of drug-likeness (QED) is 0.240. The van der Waals surface area contributed by atoms with Crippen LogP contribution >= 0.6 is 0 Å². The Labute approximate surface area is 198 Å². The second-order valence-corrected chi connectivity index (χ2v) is 7.75. The summed E-state index contributed by atoms with van der Waals surface area (Å²) in [5.41, 5.74) is 6.64. The van der Waals surface area contributed by atoms with Crippen LogP contribution in [0.2, 0.25) is 0 Å². The molecule has 0 aliphatic rings. The fraction of sp³-hybridized carbons (Fsp3) is 0.222. The van der Waals surface area contributed by atoms with Crippen molar-refractivity contribution in [2.45, 2.75) is 31.7 Å². The number of benzene rings is 3. The van der Waals surface area contributed by atoms with Gasteiger partial charge in [0.2, 0.25) is 5.91 Å². The monoisotopic (exact) mass is 460 g/mol. The number of hydrogen-bond donors (Lipinski definition) is 2. The molecule has 0 heterocycles. The number of primary amides is 1. The number of carbonyl (C=O) groups is 3.